The average Bonchev–Trinajstić information content (AvgIpc) is 2.61. The summed E-state index contributed by atoms with van der Waals surface area (Å²) in [7, 11) is -3.67. The maximum Gasteiger partial charge on any atom is 0.241 e. The number of para-hydroxylation sites is 1. The van der Waals surface area contributed by atoms with Crippen molar-refractivity contribution in [1.82, 2.24) is 5.32 Å². The van der Waals surface area contributed by atoms with Gasteiger partial charge in [0.25, 0.3) is 0 Å². The number of nitrogens with one attached hydrogen (secondary N) is 1. The first kappa shape index (κ1) is 22.0. The van der Waals surface area contributed by atoms with Crippen LogP contribution >= 0.6 is 11.6 Å². The second kappa shape index (κ2) is 9.30. The van der Waals surface area contributed by atoms with Crippen LogP contribution in [0.5, 0.6) is 5.75 Å². The lowest BCUT2D eigenvalue weighted by molar-refractivity contribution is -0.120. The third-order valence-electron chi connectivity index (χ3n) is 4.19. The number of hydrogen-bond donors (Lipinski definition) is 1. The summed E-state index contributed by atoms with van der Waals surface area (Å²) in [4.78, 5) is 12.5. The predicted molar refractivity (Wildman–Crippen MR) is 113 cm³/mol. The molecule has 0 fully saturated rings. The predicted octanol–water partition coefficient (Wildman–Crippen LogP) is 3.31. The summed E-state index contributed by atoms with van der Waals surface area (Å²) in [5, 5.41) is 3.21. The van der Waals surface area contributed by atoms with Gasteiger partial charge >= 0.3 is 0 Å². The number of aryl methyl sites for hydroxylation is 1. The molecule has 2 rings (SSSR count). The van der Waals surface area contributed by atoms with E-state index in [1.165, 1.54) is 0 Å². The van der Waals surface area contributed by atoms with Gasteiger partial charge in [-0.3, -0.25) is 9.10 Å². The lowest BCUT2D eigenvalue weighted by Crippen LogP contribution is -2.45. The van der Waals surface area contributed by atoms with Gasteiger partial charge in [-0.1, -0.05) is 35.9 Å². The van der Waals surface area contributed by atoms with Gasteiger partial charge in [-0.25, -0.2) is 8.42 Å². The van der Waals surface area contributed by atoms with Gasteiger partial charge in [0.1, 0.15) is 18.9 Å². The average molecular weight is 425 g/mol. The molecule has 0 aliphatic carbocycles. The van der Waals surface area contributed by atoms with Crippen molar-refractivity contribution in [3.63, 3.8) is 0 Å². The van der Waals surface area contributed by atoms with Crippen LogP contribution in [0, 0.1) is 13.8 Å². The van der Waals surface area contributed by atoms with E-state index in [-0.39, 0.29) is 19.2 Å². The van der Waals surface area contributed by atoms with Crippen LogP contribution in [0.3, 0.4) is 0 Å². The largest absolute Gasteiger partial charge is 0.491 e. The molecule has 0 radical (unpaired) electrons. The summed E-state index contributed by atoms with van der Waals surface area (Å²) in [6, 6.07) is 12.3. The van der Waals surface area contributed by atoms with E-state index < -0.39 is 15.9 Å². The minimum Gasteiger partial charge on any atom is -0.491 e. The van der Waals surface area contributed by atoms with E-state index in [9.17, 15) is 13.2 Å². The fourth-order valence-electron chi connectivity index (χ4n) is 2.67. The Kier molecular flexibility index (Phi) is 7.32. The second-order valence-corrected chi connectivity index (χ2v) is 9.01. The number of hydrogen-bond acceptors (Lipinski definition) is 4. The third kappa shape index (κ3) is 5.87. The van der Waals surface area contributed by atoms with Crippen LogP contribution in [-0.4, -0.2) is 39.8 Å². The molecule has 0 heterocycles. The number of carbonyl (C=O) groups excluding carboxylic acids is 1. The van der Waals surface area contributed by atoms with Gasteiger partial charge < -0.3 is 10.1 Å². The van der Waals surface area contributed by atoms with Gasteiger partial charge in [0.15, 0.2) is 0 Å². The number of sulfonamides is 1. The minimum absolute atomic E-state index is 0.270. The molecule has 8 heteroatoms. The van der Waals surface area contributed by atoms with Crippen LogP contribution in [0.15, 0.2) is 42.5 Å². The van der Waals surface area contributed by atoms with Crippen LogP contribution in [0.2, 0.25) is 5.02 Å². The number of carbonyl (C=O) groups is 1. The van der Waals surface area contributed by atoms with Gasteiger partial charge in [0.2, 0.25) is 15.9 Å². The van der Waals surface area contributed by atoms with Crippen LogP contribution in [0.1, 0.15) is 18.1 Å². The molecular weight excluding hydrogens is 400 g/mol. The SMILES string of the molecule is Cc1ccccc1OC[C@H](C)NC(=O)CN(c1cccc(Cl)c1C)S(C)(=O)=O. The zero-order valence-electron chi connectivity index (χ0n) is 16.4. The summed E-state index contributed by atoms with van der Waals surface area (Å²) in [6.45, 7) is 5.38. The van der Waals surface area contributed by atoms with Gasteiger partial charge in [-0.2, -0.15) is 0 Å². The summed E-state index contributed by atoms with van der Waals surface area (Å²) in [5.41, 5.74) is 1.98. The van der Waals surface area contributed by atoms with Crippen molar-refractivity contribution >= 4 is 33.2 Å². The molecule has 1 atom stereocenters. The van der Waals surface area contributed by atoms with E-state index in [0.717, 1.165) is 21.9 Å². The molecule has 6 nitrogen and oxygen atoms in total. The van der Waals surface area contributed by atoms with Gasteiger partial charge in [0, 0.05) is 5.02 Å². The van der Waals surface area contributed by atoms with Gasteiger partial charge in [-0.05, 0) is 50.1 Å². The number of benzene rings is 2. The molecule has 0 bridgehead atoms. The van der Waals surface area contributed by atoms with Crippen LogP contribution in [0.4, 0.5) is 5.69 Å². The molecule has 0 aliphatic heterocycles. The van der Waals surface area contributed by atoms with Crippen LogP contribution in [0.25, 0.3) is 0 Å². The van der Waals surface area contributed by atoms with E-state index in [4.69, 9.17) is 16.3 Å². The van der Waals surface area contributed by atoms with Crippen molar-refractivity contribution in [1.29, 1.82) is 0 Å². The molecule has 2 aromatic rings. The Hall–Kier alpha value is -2.25. The Morgan fingerprint density at radius 1 is 1.18 bits per heavy atom. The molecule has 0 aliphatic rings. The summed E-state index contributed by atoms with van der Waals surface area (Å²) in [5.74, 6) is 0.321. The zero-order valence-corrected chi connectivity index (χ0v) is 18.0. The van der Waals surface area contributed by atoms with Crippen molar-refractivity contribution in [2.75, 3.05) is 23.7 Å². The van der Waals surface area contributed by atoms with Crippen molar-refractivity contribution in [3.05, 3.63) is 58.6 Å². The van der Waals surface area contributed by atoms with E-state index in [0.29, 0.717) is 16.3 Å². The van der Waals surface area contributed by atoms with Crippen molar-refractivity contribution < 1.29 is 17.9 Å². The Labute approximate surface area is 171 Å². The third-order valence-corrected chi connectivity index (χ3v) is 5.72. The molecular formula is C20H25ClN2O4S. The van der Waals surface area contributed by atoms with Crippen molar-refractivity contribution in [2.24, 2.45) is 0 Å². The normalized spacial score (nSPS) is 12.3. The smallest absolute Gasteiger partial charge is 0.241 e. The van der Waals surface area contributed by atoms with Gasteiger partial charge in [0.05, 0.1) is 18.0 Å². The Bertz CT molecular complexity index is 947. The number of rotatable bonds is 8. The first-order valence-electron chi connectivity index (χ1n) is 8.80. The van der Waals surface area contributed by atoms with Crippen LogP contribution in [-0.2, 0) is 14.8 Å². The Morgan fingerprint density at radius 2 is 1.86 bits per heavy atom. The highest BCUT2D eigenvalue weighted by atomic mass is 35.5. The molecule has 28 heavy (non-hydrogen) atoms. The number of halogens is 1. The molecule has 0 aromatic heterocycles. The van der Waals surface area contributed by atoms with Crippen molar-refractivity contribution in [2.45, 2.75) is 26.8 Å². The van der Waals surface area contributed by atoms with Crippen LogP contribution < -0.4 is 14.4 Å². The van der Waals surface area contributed by atoms with Crippen molar-refractivity contribution in [3.8, 4) is 5.75 Å². The summed E-state index contributed by atoms with van der Waals surface area (Å²) >= 11 is 6.10. The molecule has 0 saturated heterocycles. The lowest BCUT2D eigenvalue weighted by atomic mass is 10.2. The molecule has 152 valence electrons. The number of amides is 1. The Morgan fingerprint density at radius 3 is 2.50 bits per heavy atom. The van der Waals surface area contributed by atoms with Gasteiger partial charge in [-0.15, -0.1) is 0 Å². The quantitative estimate of drug-likeness (QED) is 0.705. The lowest BCUT2D eigenvalue weighted by Gasteiger charge is -2.25. The minimum atomic E-state index is -3.67. The summed E-state index contributed by atoms with van der Waals surface area (Å²) in [6.07, 6.45) is 1.06. The Balaban J connectivity index is 2.04. The standard InChI is InChI=1S/C20H25ClN2O4S/c1-14-8-5-6-11-19(14)27-13-15(2)22-20(24)12-23(28(4,25)26)18-10-7-9-17(21)16(18)3/h5-11,15H,12-13H2,1-4H3,(H,22,24)/t15-/m0/s1. The monoisotopic (exact) mass is 424 g/mol. The molecule has 0 saturated carbocycles. The number of nitrogens with zero attached hydrogens (tertiary/aromatic N) is 1. The second-order valence-electron chi connectivity index (χ2n) is 6.70. The fourth-order valence-corrected chi connectivity index (χ4v) is 3.75. The first-order chi connectivity index (χ1) is 13.1. The van der Waals surface area contributed by atoms with E-state index in [1.807, 2.05) is 31.2 Å². The van der Waals surface area contributed by atoms with E-state index in [2.05, 4.69) is 5.32 Å². The van der Waals surface area contributed by atoms with E-state index in [1.54, 1.807) is 32.0 Å². The molecule has 0 unspecified atom stereocenters. The highest BCUT2D eigenvalue weighted by Gasteiger charge is 2.23. The maximum atomic E-state index is 12.5. The highest BCUT2D eigenvalue weighted by Crippen LogP contribution is 2.28. The topological polar surface area (TPSA) is 75.7 Å². The maximum absolute atomic E-state index is 12.5. The van der Waals surface area contributed by atoms with E-state index >= 15 is 0 Å². The molecule has 1 amide bonds. The molecule has 0 spiro atoms. The summed E-state index contributed by atoms with van der Waals surface area (Å²) < 4.78 is 31.3. The molecule has 2 aromatic carbocycles. The first-order valence-corrected chi connectivity index (χ1v) is 11.0. The fraction of sp³-hybridized carbons (Fsp3) is 0.350. The zero-order chi connectivity index (χ0) is 20.9. The number of anilines is 1. The number of ether oxygens (including phenoxy) is 1. The highest BCUT2D eigenvalue weighted by molar-refractivity contribution is 7.92. The molecule has 1 N–H and O–H groups in total.